The number of hydrogen-bond donors (Lipinski definition) is 1. The van der Waals surface area contributed by atoms with Crippen molar-refractivity contribution in [2.75, 3.05) is 35.3 Å². The SMILES string of the molecule is C=CC(=O)N(C)c1ccc2c(N3CCC(Nc4ncc(Br)cn4)C3)nc(C)nc2c1. The summed E-state index contributed by atoms with van der Waals surface area (Å²) in [6.07, 6.45) is 5.72. The fourth-order valence-electron chi connectivity index (χ4n) is 3.57. The molecule has 0 spiro atoms. The summed E-state index contributed by atoms with van der Waals surface area (Å²) >= 11 is 3.35. The average molecular weight is 468 g/mol. The molecule has 0 bridgehead atoms. The fourth-order valence-corrected chi connectivity index (χ4v) is 3.77. The minimum absolute atomic E-state index is 0.163. The van der Waals surface area contributed by atoms with Crippen molar-refractivity contribution >= 4 is 50.2 Å². The number of hydrogen-bond acceptors (Lipinski definition) is 7. The van der Waals surface area contributed by atoms with Gasteiger partial charge in [-0.2, -0.15) is 0 Å². The highest BCUT2D eigenvalue weighted by Crippen LogP contribution is 2.30. The molecule has 1 N–H and O–H groups in total. The van der Waals surface area contributed by atoms with Gasteiger partial charge in [0.25, 0.3) is 0 Å². The highest BCUT2D eigenvalue weighted by molar-refractivity contribution is 9.10. The third-order valence-electron chi connectivity index (χ3n) is 5.11. The molecule has 0 radical (unpaired) electrons. The Morgan fingerprint density at radius 2 is 2.10 bits per heavy atom. The van der Waals surface area contributed by atoms with Gasteiger partial charge < -0.3 is 15.1 Å². The fraction of sp³-hybridized carbons (Fsp3) is 0.286. The van der Waals surface area contributed by atoms with E-state index in [2.05, 4.69) is 47.7 Å². The summed E-state index contributed by atoms with van der Waals surface area (Å²) in [6, 6.07) is 6.03. The van der Waals surface area contributed by atoms with Crippen LogP contribution in [0, 0.1) is 6.92 Å². The Labute approximate surface area is 183 Å². The van der Waals surface area contributed by atoms with E-state index >= 15 is 0 Å². The second kappa shape index (κ2) is 8.35. The van der Waals surface area contributed by atoms with Crippen molar-refractivity contribution in [1.82, 2.24) is 19.9 Å². The zero-order chi connectivity index (χ0) is 21.3. The van der Waals surface area contributed by atoms with Gasteiger partial charge in [0, 0.05) is 49.6 Å². The summed E-state index contributed by atoms with van der Waals surface area (Å²) in [4.78, 5) is 33.7. The number of nitrogens with one attached hydrogen (secondary N) is 1. The summed E-state index contributed by atoms with van der Waals surface area (Å²) in [6.45, 7) is 7.10. The van der Waals surface area contributed by atoms with E-state index in [1.54, 1.807) is 24.3 Å². The van der Waals surface area contributed by atoms with Gasteiger partial charge in [0.15, 0.2) is 0 Å². The zero-order valence-corrected chi connectivity index (χ0v) is 18.4. The van der Waals surface area contributed by atoms with Crippen molar-refractivity contribution in [2.45, 2.75) is 19.4 Å². The normalized spacial score (nSPS) is 16.0. The zero-order valence-electron chi connectivity index (χ0n) is 16.8. The molecule has 3 heterocycles. The Balaban J connectivity index is 1.58. The van der Waals surface area contributed by atoms with Gasteiger partial charge in [0.05, 0.1) is 9.99 Å². The number of aromatic nitrogens is 4. The summed E-state index contributed by atoms with van der Waals surface area (Å²) in [7, 11) is 1.72. The Hall–Kier alpha value is -3.07. The molecule has 1 amide bonds. The molecule has 4 rings (SSSR count). The maximum absolute atomic E-state index is 11.9. The Morgan fingerprint density at radius 1 is 1.33 bits per heavy atom. The standard InChI is InChI=1S/C21H22BrN7O/c1-4-19(30)28(3)16-5-6-17-18(9-16)25-13(2)26-20(17)29-8-7-15(12-29)27-21-23-10-14(22)11-24-21/h4-6,9-11,15H,1,7-8,12H2,2-3H3,(H,23,24,27). The third kappa shape index (κ3) is 4.11. The minimum atomic E-state index is -0.163. The third-order valence-corrected chi connectivity index (χ3v) is 5.52. The van der Waals surface area contributed by atoms with Crippen LogP contribution in [0.3, 0.4) is 0 Å². The average Bonchev–Trinajstić information content (AvgIpc) is 3.21. The van der Waals surface area contributed by atoms with E-state index in [0.717, 1.165) is 46.4 Å². The number of likely N-dealkylation sites (N-methyl/N-ethyl adjacent to an activating group) is 1. The Morgan fingerprint density at radius 3 is 2.83 bits per heavy atom. The molecule has 1 unspecified atom stereocenters. The van der Waals surface area contributed by atoms with Gasteiger partial charge in [-0.05, 0) is 53.5 Å². The molecular weight excluding hydrogens is 446 g/mol. The second-order valence-corrected chi connectivity index (χ2v) is 8.11. The lowest BCUT2D eigenvalue weighted by Crippen LogP contribution is -2.27. The largest absolute Gasteiger partial charge is 0.354 e. The van der Waals surface area contributed by atoms with Gasteiger partial charge in [0.2, 0.25) is 11.9 Å². The van der Waals surface area contributed by atoms with E-state index in [1.165, 1.54) is 6.08 Å². The smallest absolute Gasteiger partial charge is 0.250 e. The first-order valence-electron chi connectivity index (χ1n) is 9.62. The lowest BCUT2D eigenvalue weighted by molar-refractivity contribution is -0.113. The molecule has 30 heavy (non-hydrogen) atoms. The van der Waals surface area contributed by atoms with Gasteiger partial charge in [-0.15, -0.1) is 0 Å². The second-order valence-electron chi connectivity index (χ2n) is 7.20. The highest BCUT2D eigenvalue weighted by Gasteiger charge is 2.26. The lowest BCUT2D eigenvalue weighted by atomic mass is 10.2. The van der Waals surface area contributed by atoms with Gasteiger partial charge in [-0.25, -0.2) is 19.9 Å². The maximum Gasteiger partial charge on any atom is 0.250 e. The number of carbonyl (C=O) groups excluding carboxylic acids is 1. The van der Waals surface area contributed by atoms with Crippen molar-refractivity contribution in [3.63, 3.8) is 0 Å². The van der Waals surface area contributed by atoms with Crippen molar-refractivity contribution in [2.24, 2.45) is 0 Å². The molecule has 1 atom stereocenters. The van der Waals surface area contributed by atoms with Crippen LogP contribution in [0.1, 0.15) is 12.2 Å². The van der Waals surface area contributed by atoms with Crippen molar-refractivity contribution in [3.8, 4) is 0 Å². The first-order valence-corrected chi connectivity index (χ1v) is 10.4. The van der Waals surface area contributed by atoms with E-state index < -0.39 is 0 Å². The maximum atomic E-state index is 11.9. The molecule has 3 aromatic rings. The van der Waals surface area contributed by atoms with Crippen molar-refractivity contribution in [3.05, 3.63) is 53.5 Å². The summed E-state index contributed by atoms with van der Waals surface area (Å²) in [5.41, 5.74) is 1.58. The van der Waals surface area contributed by atoms with Crippen LogP contribution in [-0.4, -0.2) is 52.0 Å². The van der Waals surface area contributed by atoms with Gasteiger partial charge in [-0.3, -0.25) is 4.79 Å². The Kier molecular flexibility index (Phi) is 5.63. The van der Waals surface area contributed by atoms with E-state index in [-0.39, 0.29) is 11.9 Å². The number of aryl methyl sites for hydroxylation is 1. The first-order chi connectivity index (χ1) is 14.4. The minimum Gasteiger partial charge on any atom is -0.354 e. The number of rotatable bonds is 5. The van der Waals surface area contributed by atoms with E-state index in [9.17, 15) is 4.79 Å². The van der Waals surface area contributed by atoms with Gasteiger partial charge in [0.1, 0.15) is 11.6 Å². The predicted molar refractivity (Wildman–Crippen MR) is 122 cm³/mol. The van der Waals surface area contributed by atoms with Crippen LogP contribution in [0.2, 0.25) is 0 Å². The van der Waals surface area contributed by atoms with Gasteiger partial charge in [-0.1, -0.05) is 6.58 Å². The molecule has 9 heteroatoms. The number of fused-ring (bicyclic) bond motifs is 1. The van der Waals surface area contributed by atoms with Crippen LogP contribution < -0.4 is 15.1 Å². The molecule has 1 saturated heterocycles. The lowest BCUT2D eigenvalue weighted by Gasteiger charge is -2.21. The van der Waals surface area contributed by atoms with Crippen molar-refractivity contribution < 1.29 is 4.79 Å². The molecular formula is C21H22BrN7O. The Bertz CT molecular complexity index is 1100. The van der Waals surface area contributed by atoms with Crippen LogP contribution in [0.25, 0.3) is 10.9 Å². The van der Waals surface area contributed by atoms with Crippen LogP contribution in [-0.2, 0) is 4.79 Å². The topological polar surface area (TPSA) is 87.1 Å². The number of carbonyl (C=O) groups is 1. The number of anilines is 3. The molecule has 1 aliphatic rings. The van der Waals surface area contributed by atoms with Gasteiger partial charge >= 0.3 is 0 Å². The monoisotopic (exact) mass is 467 g/mol. The molecule has 154 valence electrons. The van der Waals surface area contributed by atoms with E-state index in [1.807, 2.05) is 25.1 Å². The molecule has 1 fully saturated rings. The number of amides is 1. The first kappa shape index (κ1) is 20.2. The molecule has 0 saturated carbocycles. The highest BCUT2D eigenvalue weighted by atomic mass is 79.9. The molecule has 0 aliphatic carbocycles. The molecule has 2 aromatic heterocycles. The van der Waals surface area contributed by atoms with Crippen LogP contribution in [0.4, 0.5) is 17.5 Å². The quantitative estimate of drug-likeness (QED) is 0.575. The predicted octanol–water partition coefficient (Wildman–Crippen LogP) is 3.33. The summed E-state index contributed by atoms with van der Waals surface area (Å²) < 4.78 is 0.851. The molecule has 8 nitrogen and oxygen atoms in total. The number of benzene rings is 1. The van der Waals surface area contributed by atoms with Crippen LogP contribution >= 0.6 is 15.9 Å². The molecule has 1 aromatic carbocycles. The summed E-state index contributed by atoms with van der Waals surface area (Å²) in [5, 5.41) is 4.35. The number of halogens is 1. The number of nitrogens with zero attached hydrogens (tertiary/aromatic N) is 6. The molecule has 1 aliphatic heterocycles. The van der Waals surface area contributed by atoms with Crippen LogP contribution in [0.5, 0.6) is 0 Å². The summed E-state index contributed by atoms with van der Waals surface area (Å²) in [5.74, 6) is 2.06. The van der Waals surface area contributed by atoms with Crippen LogP contribution in [0.15, 0.2) is 47.7 Å². The van der Waals surface area contributed by atoms with Crippen molar-refractivity contribution in [1.29, 1.82) is 0 Å². The van der Waals surface area contributed by atoms with E-state index in [4.69, 9.17) is 4.98 Å². The van der Waals surface area contributed by atoms with E-state index in [0.29, 0.717) is 11.8 Å².